The van der Waals surface area contributed by atoms with E-state index in [0.717, 1.165) is 24.2 Å². The summed E-state index contributed by atoms with van der Waals surface area (Å²) < 4.78 is 0. The minimum atomic E-state index is -0.197. The molecule has 7 aromatic rings. The Morgan fingerprint density at radius 3 is 1.59 bits per heavy atom. The highest BCUT2D eigenvalue weighted by molar-refractivity contribution is 6.12. The third-order valence-corrected chi connectivity index (χ3v) is 12.2. The zero-order chi connectivity index (χ0) is 36.6. The van der Waals surface area contributed by atoms with Crippen molar-refractivity contribution in [3.05, 3.63) is 198 Å². The highest BCUT2D eigenvalue weighted by Gasteiger charge is 2.41. The van der Waals surface area contributed by atoms with Crippen LogP contribution in [0.5, 0.6) is 0 Å². The van der Waals surface area contributed by atoms with Crippen molar-refractivity contribution in [2.45, 2.75) is 51.4 Å². The van der Waals surface area contributed by atoms with Crippen LogP contribution in [0.1, 0.15) is 62.8 Å². The SMILES string of the molecule is CC1(C)c2cc(N(c3ccccc3)c3ccccc3)ccc2-c2c1cc1c3c(cccc23)C(C)(C)c2cc(N(C3=CCCC=C3)c3ccccc3)ccc2-1. The molecule has 0 aromatic heterocycles. The van der Waals surface area contributed by atoms with Gasteiger partial charge in [0.05, 0.1) is 0 Å². The molecule has 0 unspecified atom stereocenters. The molecule has 0 radical (unpaired) electrons. The Morgan fingerprint density at radius 1 is 0.426 bits per heavy atom. The molecule has 262 valence electrons. The van der Waals surface area contributed by atoms with Gasteiger partial charge < -0.3 is 9.80 Å². The summed E-state index contributed by atoms with van der Waals surface area (Å²) in [6, 6.07) is 56.2. The summed E-state index contributed by atoms with van der Waals surface area (Å²) >= 11 is 0. The second kappa shape index (κ2) is 12.2. The Hall–Kier alpha value is -6.12. The van der Waals surface area contributed by atoms with Crippen molar-refractivity contribution in [1.29, 1.82) is 0 Å². The van der Waals surface area contributed by atoms with E-state index in [1.165, 1.54) is 78.0 Å². The number of rotatable bonds is 6. The van der Waals surface area contributed by atoms with Gasteiger partial charge in [-0.15, -0.1) is 0 Å². The average molecular weight is 697 g/mol. The number of para-hydroxylation sites is 3. The highest BCUT2D eigenvalue weighted by Crippen LogP contribution is 2.58. The van der Waals surface area contributed by atoms with Crippen molar-refractivity contribution >= 4 is 39.2 Å². The molecule has 0 fully saturated rings. The Kier molecular flexibility index (Phi) is 7.36. The fourth-order valence-electron chi connectivity index (χ4n) is 9.51. The number of benzene rings is 7. The van der Waals surface area contributed by atoms with Gasteiger partial charge in [-0.2, -0.15) is 0 Å². The van der Waals surface area contributed by atoms with E-state index in [1.54, 1.807) is 0 Å². The lowest BCUT2D eigenvalue weighted by Crippen LogP contribution is -2.25. The van der Waals surface area contributed by atoms with Gasteiger partial charge in [-0.3, -0.25) is 0 Å². The van der Waals surface area contributed by atoms with Gasteiger partial charge in [0.15, 0.2) is 0 Å². The lowest BCUT2D eigenvalue weighted by Gasteiger charge is -2.37. The quantitative estimate of drug-likeness (QED) is 0.171. The lowest BCUT2D eigenvalue weighted by atomic mass is 9.67. The largest absolute Gasteiger partial charge is 0.311 e. The molecule has 0 N–H and O–H groups in total. The average Bonchev–Trinajstić information content (AvgIpc) is 3.44. The van der Waals surface area contributed by atoms with Crippen LogP contribution >= 0.6 is 0 Å². The molecule has 0 saturated carbocycles. The van der Waals surface area contributed by atoms with E-state index < -0.39 is 0 Å². The smallest absolute Gasteiger partial charge is 0.0465 e. The minimum absolute atomic E-state index is 0.197. The van der Waals surface area contributed by atoms with Crippen LogP contribution in [0.2, 0.25) is 0 Å². The van der Waals surface area contributed by atoms with Crippen LogP contribution in [0.15, 0.2) is 176 Å². The molecule has 0 amide bonds. The molecule has 0 aliphatic heterocycles. The number of anilines is 5. The molecule has 10 rings (SSSR count). The number of fused-ring (bicyclic) bond motifs is 6. The Bertz CT molecular complexity index is 2610. The van der Waals surface area contributed by atoms with Crippen molar-refractivity contribution in [2.75, 3.05) is 9.80 Å². The van der Waals surface area contributed by atoms with E-state index in [2.05, 4.69) is 207 Å². The Morgan fingerprint density at radius 2 is 0.981 bits per heavy atom. The third-order valence-electron chi connectivity index (χ3n) is 12.2. The zero-order valence-corrected chi connectivity index (χ0v) is 31.5. The molecule has 3 aliphatic carbocycles. The molecule has 0 saturated heterocycles. The van der Waals surface area contributed by atoms with Crippen LogP contribution < -0.4 is 9.80 Å². The van der Waals surface area contributed by atoms with Crippen molar-refractivity contribution in [3.63, 3.8) is 0 Å². The summed E-state index contributed by atoms with van der Waals surface area (Å²) in [5.74, 6) is 0. The van der Waals surface area contributed by atoms with E-state index >= 15 is 0 Å². The van der Waals surface area contributed by atoms with Gasteiger partial charge in [0.25, 0.3) is 0 Å². The maximum absolute atomic E-state index is 2.54. The predicted molar refractivity (Wildman–Crippen MR) is 229 cm³/mol. The van der Waals surface area contributed by atoms with Gasteiger partial charge in [0.1, 0.15) is 0 Å². The molecule has 0 atom stereocenters. The number of hydrogen-bond acceptors (Lipinski definition) is 2. The predicted octanol–water partition coefficient (Wildman–Crippen LogP) is 14.3. The lowest BCUT2D eigenvalue weighted by molar-refractivity contribution is 0.644. The maximum atomic E-state index is 2.54. The topological polar surface area (TPSA) is 6.48 Å². The summed E-state index contributed by atoms with van der Waals surface area (Å²) in [5, 5.41) is 2.75. The monoisotopic (exact) mass is 696 g/mol. The van der Waals surface area contributed by atoms with Gasteiger partial charge in [-0.1, -0.05) is 125 Å². The van der Waals surface area contributed by atoms with Crippen LogP contribution in [-0.2, 0) is 10.8 Å². The van der Waals surface area contributed by atoms with E-state index in [-0.39, 0.29) is 10.8 Å². The molecule has 0 heterocycles. The first-order valence-electron chi connectivity index (χ1n) is 19.3. The fourth-order valence-corrected chi connectivity index (χ4v) is 9.51. The molecular weight excluding hydrogens is 653 g/mol. The summed E-state index contributed by atoms with van der Waals surface area (Å²) in [6.45, 7) is 9.66. The van der Waals surface area contributed by atoms with Crippen LogP contribution in [0.4, 0.5) is 28.4 Å². The first-order valence-corrected chi connectivity index (χ1v) is 19.3. The Labute approximate surface area is 319 Å². The maximum Gasteiger partial charge on any atom is 0.0465 e. The van der Waals surface area contributed by atoms with Crippen LogP contribution in [0, 0.1) is 0 Å². The van der Waals surface area contributed by atoms with E-state index in [0.29, 0.717) is 0 Å². The van der Waals surface area contributed by atoms with Gasteiger partial charge in [0, 0.05) is 45.0 Å². The van der Waals surface area contributed by atoms with Crippen LogP contribution in [0.3, 0.4) is 0 Å². The summed E-state index contributed by atoms with van der Waals surface area (Å²) in [6.07, 6.45) is 9.11. The van der Waals surface area contributed by atoms with E-state index in [1.807, 2.05) is 0 Å². The number of nitrogens with zero attached hydrogens (tertiary/aromatic N) is 2. The molecular formula is C52H44N2. The minimum Gasteiger partial charge on any atom is -0.311 e. The van der Waals surface area contributed by atoms with Gasteiger partial charge in [-0.05, 0) is 141 Å². The van der Waals surface area contributed by atoms with Crippen molar-refractivity contribution in [3.8, 4) is 22.3 Å². The van der Waals surface area contributed by atoms with E-state index in [4.69, 9.17) is 0 Å². The molecule has 0 bridgehead atoms. The summed E-state index contributed by atoms with van der Waals surface area (Å²) in [5.41, 5.74) is 17.7. The Balaban J connectivity index is 1.15. The second-order valence-electron chi connectivity index (χ2n) is 16.1. The molecule has 2 heteroatoms. The van der Waals surface area contributed by atoms with Gasteiger partial charge >= 0.3 is 0 Å². The first-order chi connectivity index (χ1) is 26.3. The molecule has 7 aromatic carbocycles. The summed E-state index contributed by atoms with van der Waals surface area (Å²) in [4.78, 5) is 4.81. The number of allylic oxidation sites excluding steroid dienone is 3. The normalized spacial score (nSPS) is 15.6. The zero-order valence-electron chi connectivity index (χ0n) is 31.5. The van der Waals surface area contributed by atoms with Gasteiger partial charge in [0.2, 0.25) is 0 Å². The van der Waals surface area contributed by atoms with Gasteiger partial charge in [-0.25, -0.2) is 0 Å². The van der Waals surface area contributed by atoms with Crippen LogP contribution in [-0.4, -0.2) is 0 Å². The fraction of sp³-hybridized carbons (Fsp3) is 0.154. The summed E-state index contributed by atoms with van der Waals surface area (Å²) in [7, 11) is 0. The molecule has 2 nitrogen and oxygen atoms in total. The molecule has 3 aliphatic rings. The molecule has 0 spiro atoms. The standard InChI is InChI=1S/C52H44N2/c1-51(2)45-27-17-26-43-49-42-31-29-40(54(37-22-13-7-14-23-37)38-24-15-8-16-25-38)33-47(42)52(3,4)48(49)34-44(50(43)45)41-30-28-39(32-46(41)51)53(35-18-9-5-10-19-35)36-20-11-6-12-21-36/h5,7-11,13-34H,6,12H2,1-4H3. The second-order valence-corrected chi connectivity index (χ2v) is 16.1. The number of hydrogen-bond donors (Lipinski definition) is 0. The van der Waals surface area contributed by atoms with Crippen LogP contribution in [0.25, 0.3) is 33.0 Å². The van der Waals surface area contributed by atoms with Crippen molar-refractivity contribution < 1.29 is 0 Å². The van der Waals surface area contributed by atoms with E-state index in [9.17, 15) is 0 Å². The van der Waals surface area contributed by atoms with Crippen molar-refractivity contribution in [2.24, 2.45) is 0 Å². The van der Waals surface area contributed by atoms with Crippen molar-refractivity contribution in [1.82, 2.24) is 0 Å². The third kappa shape index (κ3) is 4.86. The molecule has 54 heavy (non-hydrogen) atoms. The first kappa shape index (κ1) is 32.5. The highest BCUT2D eigenvalue weighted by atomic mass is 15.1.